The number of nitrogens with zero attached hydrogens (tertiary/aromatic N) is 2. The fourth-order valence-electron chi connectivity index (χ4n) is 0.452. The lowest BCUT2D eigenvalue weighted by Crippen LogP contribution is -2.40. The number of nitrogens with one attached hydrogen (secondary N) is 1. The molecule has 0 spiro atoms. The molecule has 6 heteroatoms. The van der Waals surface area contributed by atoms with Crippen LogP contribution in [0.3, 0.4) is 0 Å². The van der Waals surface area contributed by atoms with Crippen LogP contribution in [-0.4, -0.2) is 42.6 Å². The van der Waals surface area contributed by atoms with Crippen LogP contribution < -0.4 is 11.1 Å². The van der Waals surface area contributed by atoms with Crippen LogP contribution >= 0.6 is 0 Å². The van der Waals surface area contributed by atoms with E-state index in [1.165, 1.54) is 11.9 Å². The lowest BCUT2D eigenvalue weighted by atomic mass is 10.5. The third kappa shape index (κ3) is 3.29. The number of hydrogen-bond acceptors (Lipinski definition) is 3. The molecule has 0 heterocycles. The number of amides is 1. The second-order valence-electron chi connectivity index (χ2n) is 1.99. The van der Waals surface area contributed by atoms with Gasteiger partial charge < -0.3 is 21.2 Å². The van der Waals surface area contributed by atoms with Crippen molar-refractivity contribution in [2.45, 2.75) is 0 Å². The number of nitrogens with two attached hydrogens (primary N) is 1. The number of hydrogen-bond donors (Lipinski definition) is 3. The Kier molecular flexibility index (Phi) is 3.79. The zero-order chi connectivity index (χ0) is 8.85. The molecule has 0 aliphatic carbocycles. The fourth-order valence-corrected chi connectivity index (χ4v) is 0.452. The molecule has 0 aromatic heterocycles. The van der Waals surface area contributed by atoms with Gasteiger partial charge in [0.05, 0.1) is 6.54 Å². The van der Waals surface area contributed by atoms with Gasteiger partial charge in [-0.25, -0.2) is 0 Å². The van der Waals surface area contributed by atoms with Crippen LogP contribution in [0.15, 0.2) is 5.16 Å². The summed E-state index contributed by atoms with van der Waals surface area (Å²) in [4.78, 5) is 12.0. The third-order valence-electron chi connectivity index (χ3n) is 1.15. The van der Waals surface area contributed by atoms with Crippen molar-refractivity contribution in [1.29, 1.82) is 0 Å². The second kappa shape index (κ2) is 4.37. The highest BCUT2D eigenvalue weighted by molar-refractivity contribution is 5.84. The van der Waals surface area contributed by atoms with Crippen LogP contribution in [0.25, 0.3) is 0 Å². The van der Waals surface area contributed by atoms with Crippen LogP contribution in [0.2, 0.25) is 0 Å². The Bertz CT molecular complexity index is 168. The van der Waals surface area contributed by atoms with E-state index in [0.29, 0.717) is 0 Å². The predicted molar refractivity (Wildman–Crippen MR) is 40.1 cm³/mol. The van der Waals surface area contributed by atoms with Crippen LogP contribution in [-0.2, 0) is 4.79 Å². The van der Waals surface area contributed by atoms with Gasteiger partial charge in [0, 0.05) is 14.1 Å². The number of oxime groups is 1. The lowest BCUT2D eigenvalue weighted by molar-refractivity contribution is -0.120. The Hall–Kier alpha value is -1.46. The summed E-state index contributed by atoms with van der Waals surface area (Å²) in [5.74, 6) is -0.285. The normalized spacial score (nSPS) is 10.9. The standard InChI is InChI=1S/C5H12N4O2/c1-7-4(10)3-9(2)5(6)8-11/h11H,3H2,1-2H3,(H2,6,8)(H,7,10). The Morgan fingerprint density at radius 3 is 2.73 bits per heavy atom. The quantitative estimate of drug-likeness (QED) is 0.196. The fraction of sp³-hybridized carbons (Fsp3) is 0.600. The summed E-state index contributed by atoms with van der Waals surface area (Å²) in [7, 11) is 3.06. The van der Waals surface area contributed by atoms with E-state index in [9.17, 15) is 4.79 Å². The van der Waals surface area contributed by atoms with E-state index in [1.807, 2.05) is 0 Å². The second-order valence-corrected chi connectivity index (χ2v) is 1.99. The van der Waals surface area contributed by atoms with Crippen molar-refractivity contribution >= 4 is 11.9 Å². The highest BCUT2D eigenvalue weighted by atomic mass is 16.4. The van der Waals surface area contributed by atoms with Crippen LogP contribution in [0.1, 0.15) is 0 Å². The highest BCUT2D eigenvalue weighted by Gasteiger charge is 2.05. The number of likely N-dealkylation sites (N-methyl/N-ethyl adjacent to an activating group) is 2. The van der Waals surface area contributed by atoms with Crippen molar-refractivity contribution in [2.24, 2.45) is 10.9 Å². The van der Waals surface area contributed by atoms with Crippen molar-refractivity contribution in [1.82, 2.24) is 10.2 Å². The minimum atomic E-state index is -0.195. The molecule has 1 amide bonds. The number of carbonyl (C=O) groups excluding carboxylic acids is 1. The van der Waals surface area contributed by atoms with Crippen molar-refractivity contribution in [3.8, 4) is 0 Å². The van der Waals surface area contributed by atoms with Gasteiger partial charge in [-0.05, 0) is 0 Å². The molecule has 64 valence electrons. The van der Waals surface area contributed by atoms with Gasteiger partial charge in [-0.3, -0.25) is 4.79 Å². The van der Waals surface area contributed by atoms with Gasteiger partial charge in [0.1, 0.15) is 0 Å². The smallest absolute Gasteiger partial charge is 0.239 e. The molecule has 0 aromatic carbocycles. The zero-order valence-corrected chi connectivity index (χ0v) is 6.53. The van der Waals surface area contributed by atoms with E-state index in [4.69, 9.17) is 10.9 Å². The van der Waals surface area contributed by atoms with Gasteiger partial charge in [-0.2, -0.15) is 0 Å². The molecule has 0 aliphatic rings. The van der Waals surface area contributed by atoms with Crippen molar-refractivity contribution in [2.75, 3.05) is 20.6 Å². The Labute approximate surface area is 64.7 Å². The molecule has 0 atom stereocenters. The van der Waals surface area contributed by atoms with Gasteiger partial charge >= 0.3 is 0 Å². The molecule has 0 aliphatic heterocycles. The van der Waals surface area contributed by atoms with Crippen molar-refractivity contribution < 1.29 is 10.0 Å². The summed E-state index contributed by atoms with van der Waals surface area (Å²) in [5, 5.41) is 13.3. The molecular formula is C5H12N4O2. The predicted octanol–water partition coefficient (Wildman–Crippen LogP) is -1.63. The molecule has 0 rings (SSSR count). The molecule has 6 nitrogen and oxygen atoms in total. The van der Waals surface area contributed by atoms with Crippen LogP contribution in [0.5, 0.6) is 0 Å². The molecule has 0 fully saturated rings. The van der Waals surface area contributed by atoms with Crippen molar-refractivity contribution in [3.63, 3.8) is 0 Å². The Morgan fingerprint density at radius 2 is 2.36 bits per heavy atom. The van der Waals surface area contributed by atoms with E-state index in [1.54, 1.807) is 7.05 Å². The molecule has 0 radical (unpaired) electrons. The lowest BCUT2D eigenvalue weighted by Gasteiger charge is -2.14. The average molecular weight is 160 g/mol. The first kappa shape index (κ1) is 9.54. The summed E-state index contributed by atoms with van der Waals surface area (Å²) in [6, 6.07) is 0. The summed E-state index contributed by atoms with van der Waals surface area (Å²) in [6.45, 7) is 0.0758. The highest BCUT2D eigenvalue weighted by Crippen LogP contribution is 1.79. The maximum Gasteiger partial charge on any atom is 0.239 e. The Balaban J connectivity index is 3.87. The number of rotatable bonds is 2. The summed E-state index contributed by atoms with van der Waals surface area (Å²) >= 11 is 0. The van der Waals surface area contributed by atoms with Gasteiger partial charge in [0.2, 0.25) is 11.9 Å². The van der Waals surface area contributed by atoms with E-state index in [-0.39, 0.29) is 18.4 Å². The number of guanidine groups is 1. The van der Waals surface area contributed by atoms with Gasteiger partial charge in [-0.15, -0.1) is 0 Å². The summed E-state index contributed by atoms with van der Waals surface area (Å²) < 4.78 is 0. The maximum absolute atomic E-state index is 10.7. The number of carbonyl (C=O) groups is 1. The average Bonchev–Trinajstić information content (AvgIpc) is 2.02. The molecule has 0 saturated carbocycles. The van der Waals surface area contributed by atoms with Crippen LogP contribution in [0.4, 0.5) is 0 Å². The first-order valence-corrected chi connectivity index (χ1v) is 3.01. The third-order valence-corrected chi connectivity index (χ3v) is 1.15. The molecule has 11 heavy (non-hydrogen) atoms. The zero-order valence-electron chi connectivity index (χ0n) is 6.53. The van der Waals surface area contributed by atoms with Gasteiger partial charge in [-0.1, -0.05) is 5.16 Å². The molecule has 0 aromatic rings. The first-order chi connectivity index (χ1) is 5.11. The first-order valence-electron chi connectivity index (χ1n) is 3.01. The summed E-state index contributed by atoms with van der Waals surface area (Å²) in [6.07, 6.45) is 0. The topological polar surface area (TPSA) is 91.0 Å². The Morgan fingerprint density at radius 1 is 1.82 bits per heavy atom. The van der Waals surface area contributed by atoms with Gasteiger partial charge in [0.25, 0.3) is 0 Å². The van der Waals surface area contributed by atoms with Crippen molar-refractivity contribution in [3.05, 3.63) is 0 Å². The largest absolute Gasteiger partial charge is 0.408 e. The molecule has 0 unspecified atom stereocenters. The van der Waals surface area contributed by atoms with E-state index in [0.717, 1.165) is 0 Å². The minimum Gasteiger partial charge on any atom is -0.408 e. The van der Waals surface area contributed by atoms with E-state index in [2.05, 4.69) is 10.5 Å². The van der Waals surface area contributed by atoms with E-state index >= 15 is 0 Å². The maximum atomic E-state index is 10.7. The monoisotopic (exact) mass is 160 g/mol. The molecule has 0 bridgehead atoms. The van der Waals surface area contributed by atoms with Crippen LogP contribution in [0, 0.1) is 0 Å². The van der Waals surface area contributed by atoms with E-state index < -0.39 is 0 Å². The molecule has 0 saturated heterocycles. The SMILES string of the molecule is CNC(=O)CN(C)C(N)=NO. The minimum absolute atomic E-state index is 0.0758. The summed E-state index contributed by atoms with van der Waals surface area (Å²) in [5.41, 5.74) is 5.17. The molecule has 4 N–H and O–H groups in total. The molecular weight excluding hydrogens is 148 g/mol. The van der Waals surface area contributed by atoms with Gasteiger partial charge in [0.15, 0.2) is 0 Å².